The molecule has 23 heavy (non-hydrogen) atoms. The Kier molecular flexibility index (Phi) is 4.79. The highest BCUT2D eigenvalue weighted by Gasteiger charge is 2.19. The summed E-state index contributed by atoms with van der Waals surface area (Å²) in [4.78, 5) is 4.39. The molecule has 0 aliphatic carbocycles. The molecule has 0 aliphatic rings. The third-order valence-corrected chi connectivity index (χ3v) is 5.07. The van der Waals surface area contributed by atoms with E-state index in [0.29, 0.717) is 0 Å². The lowest BCUT2D eigenvalue weighted by molar-refractivity contribution is 0.271. The zero-order valence-corrected chi connectivity index (χ0v) is 13.5. The fraction of sp³-hybridized carbons (Fsp3) is 0.167. The molecule has 0 amide bonds. The van der Waals surface area contributed by atoms with Crippen molar-refractivity contribution in [3.05, 3.63) is 83.4 Å². The normalized spacial score (nSPS) is 12.3. The zero-order chi connectivity index (χ0) is 16.2. The van der Waals surface area contributed by atoms with Gasteiger partial charge in [0.05, 0.1) is 23.7 Å². The summed E-state index contributed by atoms with van der Waals surface area (Å²) in [5, 5.41) is 10.1. The van der Waals surface area contributed by atoms with Gasteiger partial charge in [0.2, 0.25) is 0 Å². The number of nitrogens with zero attached hydrogens (tertiary/aromatic N) is 2. The van der Waals surface area contributed by atoms with Crippen LogP contribution in [0.4, 0.5) is 4.39 Å². The van der Waals surface area contributed by atoms with E-state index in [1.54, 1.807) is 30.1 Å². The molecule has 0 radical (unpaired) electrons. The van der Waals surface area contributed by atoms with Crippen molar-refractivity contribution < 1.29 is 9.50 Å². The summed E-state index contributed by atoms with van der Waals surface area (Å²) in [6.45, 7) is -0.0450. The maximum Gasteiger partial charge on any atom is 0.168 e. The van der Waals surface area contributed by atoms with Gasteiger partial charge in [0.25, 0.3) is 0 Å². The first kappa shape index (κ1) is 15.8. The van der Waals surface area contributed by atoms with Crippen molar-refractivity contribution in [2.75, 3.05) is 0 Å². The highest BCUT2D eigenvalue weighted by atomic mass is 32.2. The Labute approximate surface area is 138 Å². The van der Waals surface area contributed by atoms with E-state index in [4.69, 9.17) is 0 Å². The smallest absolute Gasteiger partial charge is 0.168 e. The summed E-state index contributed by atoms with van der Waals surface area (Å²) in [6, 6.07) is 16.6. The van der Waals surface area contributed by atoms with Crippen molar-refractivity contribution in [3.8, 4) is 0 Å². The molecule has 118 valence electrons. The van der Waals surface area contributed by atoms with Gasteiger partial charge in [0.1, 0.15) is 5.82 Å². The molecule has 1 aromatic heterocycles. The van der Waals surface area contributed by atoms with Crippen molar-refractivity contribution in [2.45, 2.75) is 17.0 Å². The third-order valence-electron chi connectivity index (χ3n) is 3.70. The number of imidazole rings is 1. The van der Waals surface area contributed by atoms with Crippen LogP contribution in [-0.2, 0) is 13.7 Å². The van der Waals surface area contributed by atoms with Crippen LogP contribution in [0.1, 0.15) is 22.1 Å². The predicted molar refractivity (Wildman–Crippen MR) is 89.7 cm³/mol. The molecule has 3 rings (SSSR count). The molecule has 1 atom stereocenters. The quantitative estimate of drug-likeness (QED) is 0.721. The highest BCUT2D eigenvalue weighted by molar-refractivity contribution is 7.99. The molecular weight excluding hydrogens is 311 g/mol. The van der Waals surface area contributed by atoms with Crippen LogP contribution in [0.25, 0.3) is 0 Å². The number of aliphatic hydroxyl groups is 1. The number of hydrogen-bond donors (Lipinski definition) is 1. The number of aliphatic hydroxyl groups excluding tert-OH is 1. The van der Waals surface area contributed by atoms with Gasteiger partial charge < -0.3 is 9.67 Å². The van der Waals surface area contributed by atoms with Gasteiger partial charge in [-0.3, -0.25) is 0 Å². The van der Waals surface area contributed by atoms with E-state index >= 15 is 0 Å². The Bertz CT molecular complexity index is 771. The van der Waals surface area contributed by atoms with Gasteiger partial charge in [0.15, 0.2) is 5.16 Å². The van der Waals surface area contributed by atoms with Crippen molar-refractivity contribution in [1.82, 2.24) is 9.55 Å². The van der Waals surface area contributed by atoms with Gasteiger partial charge in [-0.1, -0.05) is 54.2 Å². The second-order valence-electron chi connectivity index (χ2n) is 5.21. The van der Waals surface area contributed by atoms with Crippen LogP contribution < -0.4 is 0 Å². The van der Waals surface area contributed by atoms with Gasteiger partial charge in [-0.25, -0.2) is 9.37 Å². The molecule has 0 saturated heterocycles. The van der Waals surface area contributed by atoms with Gasteiger partial charge in [-0.05, 0) is 23.3 Å². The number of thioether (sulfide) groups is 1. The molecule has 0 saturated carbocycles. The Balaban J connectivity index is 1.98. The molecule has 3 nitrogen and oxygen atoms in total. The van der Waals surface area contributed by atoms with Crippen molar-refractivity contribution >= 4 is 11.8 Å². The number of aromatic nitrogens is 2. The molecular formula is C18H17FN2OS. The SMILES string of the molecule is Cn1c(CO)cnc1SC(c1ccccc1)c1ccc(F)cc1. The average molecular weight is 328 g/mol. The van der Waals surface area contributed by atoms with E-state index in [9.17, 15) is 9.50 Å². The van der Waals surface area contributed by atoms with E-state index in [1.165, 1.54) is 12.1 Å². The lowest BCUT2D eigenvalue weighted by atomic mass is 10.0. The second-order valence-corrected chi connectivity index (χ2v) is 6.28. The molecule has 1 heterocycles. The van der Waals surface area contributed by atoms with E-state index in [-0.39, 0.29) is 17.7 Å². The van der Waals surface area contributed by atoms with Crippen LogP contribution in [0.2, 0.25) is 0 Å². The van der Waals surface area contributed by atoms with Crippen LogP contribution in [0.3, 0.4) is 0 Å². The third kappa shape index (κ3) is 3.46. The molecule has 3 aromatic rings. The summed E-state index contributed by atoms with van der Waals surface area (Å²) >= 11 is 1.58. The van der Waals surface area contributed by atoms with Crippen LogP contribution in [0.5, 0.6) is 0 Å². The molecule has 0 fully saturated rings. The summed E-state index contributed by atoms with van der Waals surface area (Å²) in [6.07, 6.45) is 1.68. The minimum Gasteiger partial charge on any atom is -0.390 e. The van der Waals surface area contributed by atoms with E-state index in [2.05, 4.69) is 17.1 Å². The lowest BCUT2D eigenvalue weighted by Crippen LogP contribution is -2.02. The first-order valence-corrected chi connectivity index (χ1v) is 8.15. The van der Waals surface area contributed by atoms with Crippen molar-refractivity contribution in [2.24, 2.45) is 7.05 Å². The van der Waals surface area contributed by atoms with E-state index in [1.807, 2.05) is 29.8 Å². The molecule has 0 aliphatic heterocycles. The summed E-state index contributed by atoms with van der Waals surface area (Å²) in [5.74, 6) is -0.245. The van der Waals surface area contributed by atoms with Crippen LogP contribution in [-0.4, -0.2) is 14.7 Å². The number of benzene rings is 2. The Morgan fingerprint density at radius 2 is 1.74 bits per heavy atom. The monoisotopic (exact) mass is 328 g/mol. The Hall–Kier alpha value is -2.11. The topological polar surface area (TPSA) is 38.0 Å². The molecule has 5 heteroatoms. The van der Waals surface area contributed by atoms with Gasteiger partial charge in [-0.2, -0.15) is 0 Å². The maximum absolute atomic E-state index is 13.2. The minimum atomic E-state index is -0.245. The molecule has 1 unspecified atom stereocenters. The number of rotatable bonds is 5. The van der Waals surface area contributed by atoms with Crippen LogP contribution >= 0.6 is 11.8 Å². The van der Waals surface area contributed by atoms with Crippen LogP contribution in [0, 0.1) is 5.82 Å². The van der Waals surface area contributed by atoms with Crippen molar-refractivity contribution in [3.63, 3.8) is 0 Å². The molecule has 0 bridgehead atoms. The van der Waals surface area contributed by atoms with Crippen LogP contribution in [0.15, 0.2) is 66.0 Å². The summed E-state index contributed by atoms with van der Waals surface area (Å²) < 4.78 is 15.1. The zero-order valence-electron chi connectivity index (χ0n) is 12.7. The fourth-order valence-electron chi connectivity index (χ4n) is 2.38. The summed E-state index contributed by atoms with van der Waals surface area (Å²) in [7, 11) is 1.88. The van der Waals surface area contributed by atoms with E-state index in [0.717, 1.165) is 22.0 Å². The lowest BCUT2D eigenvalue weighted by Gasteiger charge is -2.17. The Morgan fingerprint density at radius 3 is 2.35 bits per heavy atom. The molecule has 0 spiro atoms. The number of halogens is 1. The standard InChI is InChI=1S/C18H17FN2OS/c1-21-16(12-22)11-20-18(21)23-17(13-5-3-2-4-6-13)14-7-9-15(19)10-8-14/h2-11,17,22H,12H2,1H3. The molecule has 2 aromatic carbocycles. The van der Waals surface area contributed by atoms with Gasteiger partial charge in [0, 0.05) is 7.05 Å². The first-order chi connectivity index (χ1) is 11.2. The minimum absolute atomic E-state index is 0.00411. The summed E-state index contributed by atoms with van der Waals surface area (Å²) in [5.41, 5.74) is 2.90. The largest absolute Gasteiger partial charge is 0.390 e. The first-order valence-electron chi connectivity index (χ1n) is 7.27. The van der Waals surface area contributed by atoms with Gasteiger partial charge >= 0.3 is 0 Å². The Morgan fingerprint density at radius 1 is 1.09 bits per heavy atom. The second kappa shape index (κ2) is 6.98. The van der Waals surface area contributed by atoms with E-state index < -0.39 is 0 Å². The predicted octanol–water partition coefficient (Wildman–Crippen LogP) is 3.93. The fourth-order valence-corrected chi connectivity index (χ4v) is 3.57. The average Bonchev–Trinajstić information content (AvgIpc) is 2.94. The maximum atomic E-state index is 13.2. The number of hydrogen-bond acceptors (Lipinski definition) is 3. The van der Waals surface area contributed by atoms with Crippen molar-refractivity contribution in [1.29, 1.82) is 0 Å². The van der Waals surface area contributed by atoms with Gasteiger partial charge in [-0.15, -0.1) is 0 Å². The molecule has 1 N–H and O–H groups in total. The highest BCUT2D eigenvalue weighted by Crippen LogP contribution is 2.39.